The van der Waals surface area contributed by atoms with Crippen molar-refractivity contribution in [2.45, 2.75) is 158 Å². The van der Waals surface area contributed by atoms with Gasteiger partial charge in [-0.05, 0) is 72.1 Å². The lowest BCUT2D eigenvalue weighted by molar-refractivity contribution is -0.997. The van der Waals surface area contributed by atoms with E-state index in [9.17, 15) is 58.8 Å². The number of aliphatic hydroxyl groups is 3. The molecule has 7 amide bonds. The average molecular weight is 950 g/mol. The number of nitrogens with one attached hydrogen (secondary N) is 8. The second-order valence-corrected chi connectivity index (χ2v) is 16.3. The van der Waals surface area contributed by atoms with Crippen LogP contribution in [0.2, 0.25) is 0 Å². The summed E-state index contributed by atoms with van der Waals surface area (Å²) in [6.07, 6.45) is -1.76. The van der Waals surface area contributed by atoms with Crippen LogP contribution in [0.3, 0.4) is 0 Å². The Morgan fingerprint density at radius 1 is 0.697 bits per heavy atom. The molecule has 28 heteroatoms. The Morgan fingerprint density at radius 3 is 1.74 bits per heavy atom. The van der Waals surface area contributed by atoms with Crippen molar-refractivity contribution >= 4 is 59.2 Å². The summed E-state index contributed by atoms with van der Waals surface area (Å²) in [6, 6.07) is -8.43. The van der Waals surface area contributed by atoms with Crippen molar-refractivity contribution in [3.05, 3.63) is 0 Å². The van der Waals surface area contributed by atoms with E-state index in [1.54, 1.807) is 0 Å². The number of carboxylic acid groups (broad SMARTS) is 1. The number of nitrogens with two attached hydrogens (primary N) is 6. The fourth-order valence-corrected chi connectivity index (χ4v) is 6.58. The third-order valence-corrected chi connectivity index (χ3v) is 10.5. The lowest BCUT2D eigenvalue weighted by atomic mass is 9.96. The molecule has 1 rings (SSSR count). The first-order valence-electron chi connectivity index (χ1n) is 21.8. The highest BCUT2D eigenvalue weighted by atomic mass is 16.7. The topological polar surface area (TPSA) is 501 Å². The molecule has 0 unspecified atom stereocenters. The molecule has 10 atom stereocenters. The molecule has 66 heavy (non-hydrogen) atoms. The molecule has 1 heterocycles. The van der Waals surface area contributed by atoms with Crippen LogP contribution in [0.25, 0.3) is 0 Å². The van der Waals surface area contributed by atoms with E-state index >= 15 is 0 Å². The van der Waals surface area contributed by atoms with Crippen LogP contribution in [0.15, 0.2) is 0 Å². The zero-order valence-corrected chi connectivity index (χ0v) is 38.2. The number of aliphatic hydroxyl groups excluding tert-OH is 2. The number of hydrogen-bond acceptors (Lipinski definition) is 12. The number of aliphatic carboxylic acids is 1. The van der Waals surface area contributed by atoms with E-state index in [4.69, 9.17) is 33.4 Å². The van der Waals surface area contributed by atoms with Gasteiger partial charge in [0, 0.05) is 25.8 Å². The molecule has 0 aromatic heterocycles. The van der Waals surface area contributed by atoms with E-state index in [0.717, 1.165) is 12.2 Å². The van der Waals surface area contributed by atoms with Gasteiger partial charge >= 0.3 is 35.4 Å². The quantitative estimate of drug-likeness (QED) is 0.0169. The van der Waals surface area contributed by atoms with E-state index < -0.39 is 114 Å². The van der Waals surface area contributed by atoms with Gasteiger partial charge in [0.2, 0.25) is 35.4 Å². The fourth-order valence-electron chi connectivity index (χ4n) is 6.58. The summed E-state index contributed by atoms with van der Waals surface area (Å²) in [5, 5.41) is 57.7. The number of carbonyl (C=O) groups is 8. The van der Waals surface area contributed by atoms with Crippen molar-refractivity contribution in [1.82, 2.24) is 31.9 Å². The third kappa shape index (κ3) is 19.7. The molecule has 0 bridgehead atoms. The summed E-state index contributed by atoms with van der Waals surface area (Å²) < 4.78 is 5.70. The van der Waals surface area contributed by atoms with Crippen LogP contribution in [-0.4, -0.2) is 159 Å². The van der Waals surface area contributed by atoms with E-state index in [2.05, 4.69) is 47.6 Å². The number of hydrogen-bond donors (Lipinski definition) is 19. The maximum Gasteiger partial charge on any atom is 0.375 e. The van der Waals surface area contributed by atoms with E-state index in [-0.39, 0.29) is 63.0 Å². The minimum absolute atomic E-state index is 0.00407. The molecule has 27 N–H and O–H groups in total. The minimum atomic E-state index is -2.16. The normalized spacial score (nSPS) is 20.1. The smallest absolute Gasteiger partial charge is 0.375 e. The van der Waals surface area contributed by atoms with Gasteiger partial charge in [-0.3, -0.25) is 66.5 Å². The maximum atomic E-state index is 14.0. The number of carbonyl (C=O) groups excluding carboxylic acids is 7. The Balaban J connectivity index is 3.30. The summed E-state index contributed by atoms with van der Waals surface area (Å²) in [5.41, 5.74) is 28.6. The monoisotopic (exact) mass is 950 g/mol. The Kier molecular flexibility index (Phi) is 24.8. The summed E-state index contributed by atoms with van der Waals surface area (Å²) in [6.45, 7) is 6.23. The van der Waals surface area contributed by atoms with Crippen molar-refractivity contribution < 1.29 is 84.6 Å². The Hall–Kier alpha value is -5.94. The molecule has 0 aromatic rings. The van der Waals surface area contributed by atoms with Crippen LogP contribution < -0.4 is 81.6 Å². The van der Waals surface area contributed by atoms with Crippen molar-refractivity contribution in [2.24, 2.45) is 28.7 Å². The van der Waals surface area contributed by atoms with Gasteiger partial charge in [-0.15, -0.1) is 0 Å². The first kappa shape index (κ1) is 58.1. The zero-order valence-electron chi connectivity index (χ0n) is 38.2. The number of guanidine groups is 2. The third-order valence-electron chi connectivity index (χ3n) is 10.5. The average Bonchev–Trinajstić information content (AvgIpc) is 3.21. The molecule has 0 saturated carbocycles. The largest absolute Gasteiger partial charge is 0.480 e. The van der Waals surface area contributed by atoms with Crippen LogP contribution in [0.5, 0.6) is 0 Å². The molecule has 0 spiro atoms. The van der Waals surface area contributed by atoms with Gasteiger partial charge < -0.3 is 63.8 Å². The number of carboxylic acids is 1. The van der Waals surface area contributed by atoms with Gasteiger partial charge in [0.1, 0.15) is 36.3 Å². The molecule has 376 valence electrons. The number of rotatable bonds is 32. The molecule has 1 saturated heterocycles. The number of unbranched alkanes of at least 4 members (excludes halogenated alkanes) is 1. The predicted molar refractivity (Wildman–Crippen MR) is 231 cm³/mol. The SMILES string of the molecule is CCCC(=O)NCCCC[C@H](NC(=O)[C@]1([C@@H](C)O)[NH2+][C@@](O)([C@@H]([NH3+])CCC[NH+]=C(N)N)O1)C(=O)N[C@@H](CCC(N)=O)C(=O)N[C@H](C(=O)N[C@@H](C)C(=O)N[C@@H](CCC[NH+]=C(N)N)C(=O)O)[C@@H](C)O. The van der Waals surface area contributed by atoms with Crippen LogP contribution in [-0.2, 0) is 43.1 Å². The summed E-state index contributed by atoms with van der Waals surface area (Å²) in [7, 11) is 0. The molecule has 1 fully saturated rings. The first-order valence-corrected chi connectivity index (χ1v) is 21.8. The molecule has 0 aromatic carbocycles. The maximum absolute atomic E-state index is 14.0. The molecule has 28 nitrogen and oxygen atoms in total. The van der Waals surface area contributed by atoms with E-state index in [1.165, 1.54) is 13.8 Å². The summed E-state index contributed by atoms with van der Waals surface area (Å²) in [4.78, 5) is 109. The van der Waals surface area contributed by atoms with E-state index in [0.29, 0.717) is 32.2 Å². The highest BCUT2D eigenvalue weighted by molar-refractivity contribution is 5.97. The Labute approximate surface area is 381 Å². The van der Waals surface area contributed by atoms with Crippen LogP contribution in [0.1, 0.15) is 98.3 Å². The van der Waals surface area contributed by atoms with Crippen molar-refractivity contribution in [2.75, 3.05) is 19.6 Å². The zero-order chi connectivity index (χ0) is 50.4. The molecule has 1 aliphatic heterocycles. The lowest BCUT2D eigenvalue weighted by Gasteiger charge is -2.49. The van der Waals surface area contributed by atoms with Gasteiger partial charge in [0.15, 0.2) is 6.04 Å². The fraction of sp³-hybridized carbons (Fsp3) is 0.737. The van der Waals surface area contributed by atoms with Gasteiger partial charge in [0.25, 0.3) is 0 Å². The second-order valence-electron chi connectivity index (χ2n) is 16.3. The number of primary amides is 1. The second kappa shape index (κ2) is 28.2. The molecule has 0 aliphatic carbocycles. The predicted octanol–water partition coefficient (Wildman–Crippen LogP) is -12.6. The van der Waals surface area contributed by atoms with Gasteiger partial charge in [-0.2, -0.15) is 0 Å². The molecule has 1 aliphatic rings. The summed E-state index contributed by atoms with van der Waals surface area (Å²) >= 11 is 0. The molecular weight excluding hydrogens is 875 g/mol. The molecular formula is C38H75N15O13+4. The number of quaternary nitrogens is 2. The van der Waals surface area contributed by atoms with Crippen LogP contribution in [0, 0.1) is 0 Å². The lowest BCUT2D eigenvalue weighted by Crippen LogP contribution is -3.24. The number of amides is 7. The van der Waals surface area contributed by atoms with Crippen molar-refractivity contribution in [3.63, 3.8) is 0 Å². The van der Waals surface area contributed by atoms with Gasteiger partial charge in [-0.25, -0.2) is 14.8 Å². The van der Waals surface area contributed by atoms with Gasteiger partial charge in [0.05, 0.1) is 19.2 Å². The highest BCUT2D eigenvalue weighted by Gasteiger charge is 2.71. The van der Waals surface area contributed by atoms with Gasteiger partial charge in [-0.1, -0.05) is 6.92 Å². The first-order chi connectivity index (χ1) is 30.8. The Morgan fingerprint density at radius 2 is 1.23 bits per heavy atom. The molecule has 0 radical (unpaired) electrons. The number of ether oxygens (including phenoxy) is 1. The standard InChI is InChI=1S/C38H71N15O13/c1-5-10-27(57)45-16-7-6-11-22(51-34(64)37(21(4)55)53-38(65,66-37)25(39)13-9-18-47-36(43)44)30(59)49-23(14-15-26(40)56)31(60)52-28(20(3)54)32(61)48-19(2)29(58)50-24(33(62)63)12-8-17-46-35(41)42/h19-25,28,53-55,65H,5-18,39H2,1-4H3,(H2,40,56)(H,45,57)(H,48,61)(H,49,59)(H,50,58)(H,51,64)(H,52,60)(H,62,63)(H4,41,42,46)(H4,43,44,47)/p+4/t19-,20+,21+,22-,23-,24-,25-,28-,37+,38+/m0/s1. The summed E-state index contributed by atoms with van der Waals surface area (Å²) in [5.74, 6) is -9.66. The van der Waals surface area contributed by atoms with Crippen molar-refractivity contribution in [1.29, 1.82) is 0 Å². The minimum Gasteiger partial charge on any atom is -0.480 e. The van der Waals surface area contributed by atoms with E-state index in [1.807, 2.05) is 6.92 Å². The van der Waals surface area contributed by atoms with Crippen LogP contribution >= 0.6 is 0 Å². The Bertz CT molecular complexity index is 1720. The highest BCUT2D eigenvalue weighted by Crippen LogP contribution is 2.26. The van der Waals surface area contributed by atoms with Crippen LogP contribution in [0.4, 0.5) is 0 Å². The van der Waals surface area contributed by atoms with Crippen molar-refractivity contribution in [3.8, 4) is 0 Å².